The molecule has 0 saturated carbocycles. The molecule has 1 unspecified atom stereocenters. The summed E-state index contributed by atoms with van der Waals surface area (Å²) in [6, 6.07) is 11.7. The van der Waals surface area contributed by atoms with Crippen LogP contribution >= 0.6 is 23.2 Å². The predicted octanol–water partition coefficient (Wildman–Crippen LogP) is 5.66. The molecule has 0 radical (unpaired) electrons. The predicted molar refractivity (Wildman–Crippen MR) is 118 cm³/mol. The molecule has 2 rings (SSSR count). The molecular weight excluding hydrogens is 411 g/mol. The van der Waals surface area contributed by atoms with E-state index in [0.29, 0.717) is 40.1 Å². The Bertz CT molecular complexity index is 852. The van der Waals surface area contributed by atoms with E-state index in [9.17, 15) is 9.59 Å². The molecule has 0 aliphatic carbocycles. The molecule has 2 amide bonds. The third kappa shape index (κ3) is 6.65. The molecule has 1 N–H and O–H groups in total. The third-order valence-corrected chi connectivity index (χ3v) is 4.75. The number of benzene rings is 2. The molecule has 2 aromatic carbocycles. The highest BCUT2D eigenvalue weighted by Crippen LogP contribution is 2.28. The van der Waals surface area contributed by atoms with Crippen LogP contribution in [0.1, 0.15) is 44.0 Å². The summed E-state index contributed by atoms with van der Waals surface area (Å²) in [5.41, 5.74) is 1.07. The Hall–Kier alpha value is -2.24. The quantitative estimate of drug-likeness (QED) is 0.551. The van der Waals surface area contributed by atoms with Gasteiger partial charge < -0.3 is 15.0 Å². The van der Waals surface area contributed by atoms with Crippen LogP contribution in [0.5, 0.6) is 5.75 Å². The number of nitrogens with zero attached hydrogens (tertiary/aromatic N) is 1. The van der Waals surface area contributed by atoms with E-state index in [1.807, 2.05) is 18.7 Å². The first-order valence-electron chi connectivity index (χ1n) is 9.67. The lowest BCUT2D eigenvalue weighted by Crippen LogP contribution is -2.33. The van der Waals surface area contributed by atoms with Crippen LogP contribution in [0.15, 0.2) is 42.5 Å². The highest BCUT2D eigenvalue weighted by atomic mass is 35.5. The van der Waals surface area contributed by atoms with Crippen LogP contribution < -0.4 is 10.1 Å². The first-order chi connectivity index (χ1) is 13.8. The summed E-state index contributed by atoms with van der Waals surface area (Å²) in [4.78, 5) is 27.1. The van der Waals surface area contributed by atoms with Crippen molar-refractivity contribution in [1.82, 2.24) is 4.90 Å². The normalized spacial score (nSPS) is 11.6. The average Bonchev–Trinajstić information content (AvgIpc) is 2.69. The second-order valence-corrected chi connectivity index (χ2v) is 7.54. The Labute approximate surface area is 181 Å². The Kier molecular flexibility index (Phi) is 8.80. The van der Waals surface area contributed by atoms with Gasteiger partial charge in [-0.2, -0.15) is 0 Å². The molecule has 0 spiro atoms. The van der Waals surface area contributed by atoms with E-state index in [1.165, 1.54) is 0 Å². The van der Waals surface area contributed by atoms with Gasteiger partial charge in [-0.15, -0.1) is 0 Å². The van der Waals surface area contributed by atoms with Crippen molar-refractivity contribution in [3.05, 3.63) is 58.1 Å². The van der Waals surface area contributed by atoms with Gasteiger partial charge in [-0.25, -0.2) is 0 Å². The maximum atomic E-state index is 12.8. The molecule has 29 heavy (non-hydrogen) atoms. The molecule has 156 valence electrons. The summed E-state index contributed by atoms with van der Waals surface area (Å²) in [5.74, 6) is -0.0148. The standard InChI is InChI=1S/C22H26Cl2N2O3/c1-4-11-26(12-5-2)22(28)16-7-6-8-18(13-16)25-21(27)15(3)29-20-10-9-17(23)14-19(20)24/h6-10,13-15H,4-5,11-12H2,1-3H3,(H,25,27). The van der Waals surface area contributed by atoms with Crippen LogP contribution in [0, 0.1) is 0 Å². The topological polar surface area (TPSA) is 58.6 Å². The van der Waals surface area contributed by atoms with Crippen LogP contribution in [-0.2, 0) is 4.79 Å². The zero-order chi connectivity index (χ0) is 21.4. The fraction of sp³-hybridized carbons (Fsp3) is 0.364. The Balaban J connectivity index is 2.06. The van der Waals surface area contributed by atoms with Crippen LogP contribution in [0.2, 0.25) is 10.0 Å². The number of carbonyl (C=O) groups is 2. The van der Waals surface area contributed by atoms with E-state index in [2.05, 4.69) is 5.32 Å². The minimum atomic E-state index is -0.787. The summed E-state index contributed by atoms with van der Waals surface area (Å²) in [5, 5.41) is 3.60. The summed E-state index contributed by atoms with van der Waals surface area (Å²) in [6.45, 7) is 7.12. The lowest BCUT2D eigenvalue weighted by Gasteiger charge is -2.22. The van der Waals surface area contributed by atoms with Crippen molar-refractivity contribution in [1.29, 1.82) is 0 Å². The first kappa shape index (κ1) is 23.0. The molecule has 0 aliphatic heterocycles. The SMILES string of the molecule is CCCN(CCC)C(=O)c1cccc(NC(=O)C(C)Oc2ccc(Cl)cc2Cl)c1. The smallest absolute Gasteiger partial charge is 0.265 e. The number of carbonyl (C=O) groups excluding carboxylic acids is 2. The molecule has 7 heteroatoms. The fourth-order valence-corrected chi connectivity index (χ4v) is 3.28. The van der Waals surface area contributed by atoms with E-state index in [-0.39, 0.29) is 11.8 Å². The molecule has 2 aromatic rings. The number of hydrogen-bond acceptors (Lipinski definition) is 3. The summed E-state index contributed by atoms with van der Waals surface area (Å²) >= 11 is 12.0. The summed E-state index contributed by atoms with van der Waals surface area (Å²) < 4.78 is 5.64. The zero-order valence-electron chi connectivity index (χ0n) is 16.9. The van der Waals surface area contributed by atoms with Crippen LogP contribution in [0.25, 0.3) is 0 Å². The van der Waals surface area contributed by atoms with Gasteiger partial charge in [-0.05, 0) is 56.2 Å². The van der Waals surface area contributed by atoms with Gasteiger partial charge in [0.2, 0.25) is 0 Å². The van der Waals surface area contributed by atoms with Crippen LogP contribution in [0.3, 0.4) is 0 Å². The highest BCUT2D eigenvalue weighted by Gasteiger charge is 2.18. The van der Waals surface area contributed by atoms with Crippen molar-refractivity contribution in [2.45, 2.75) is 39.7 Å². The van der Waals surface area contributed by atoms with E-state index in [4.69, 9.17) is 27.9 Å². The number of amides is 2. The van der Waals surface area contributed by atoms with E-state index in [0.717, 1.165) is 12.8 Å². The number of halogens is 2. The molecule has 0 heterocycles. The molecule has 0 bridgehead atoms. The zero-order valence-corrected chi connectivity index (χ0v) is 18.4. The monoisotopic (exact) mass is 436 g/mol. The van der Waals surface area contributed by atoms with Crippen LogP contribution in [0.4, 0.5) is 5.69 Å². The minimum absolute atomic E-state index is 0.0398. The van der Waals surface area contributed by atoms with E-state index in [1.54, 1.807) is 49.4 Å². The van der Waals surface area contributed by atoms with Gasteiger partial charge in [0.05, 0.1) is 5.02 Å². The van der Waals surface area contributed by atoms with Crippen LogP contribution in [-0.4, -0.2) is 35.9 Å². The molecule has 0 aromatic heterocycles. The Morgan fingerprint density at radius 2 is 1.76 bits per heavy atom. The van der Waals surface area contributed by atoms with Crippen molar-refractivity contribution >= 4 is 40.7 Å². The molecular formula is C22H26Cl2N2O3. The molecule has 0 saturated heterocycles. The first-order valence-corrected chi connectivity index (χ1v) is 10.4. The number of hydrogen-bond donors (Lipinski definition) is 1. The maximum Gasteiger partial charge on any atom is 0.265 e. The molecule has 0 fully saturated rings. The molecule has 1 atom stereocenters. The van der Waals surface area contributed by atoms with E-state index >= 15 is 0 Å². The van der Waals surface area contributed by atoms with Gasteiger partial charge in [0.25, 0.3) is 11.8 Å². The van der Waals surface area contributed by atoms with Gasteiger partial charge in [0.1, 0.15) is 5.75 Å². The highest BCUT2D eigenvalue weighted by molar-refractivity contribution is 6.35. The fourth-order valence-electron chi connectivity index (χ4n) is 2.83. The van der Waals surface area contributed by atoms with Crippen molar-refractivity contribution < 1.29 is 14.3 Å². The second-order valence-electron chi connectivity index (χ2n) is 6.70. The average molecular weight is 437 g/mol. The second kappa shape index (κ2) is 11.1. The minimum Gasteiger partial charge on any atom is -0.479 e. The van der Waals surface area contributed by atoms with E-state index < -0.39 is 6.10 Å². The summed E-state index contributed by atoms with van der Waals surface area (Å²) in [6.07, 6.45) is 0.999. The Morgan fingerprint density at radius 3 is 2.38 bits per heavy atom. The van der Waals surface area contributed by atoms with Gasteiger partial charge in [-0.3, -0.25) is 9.59 Å². The number of anilines is 1. The van der Waals surface area contributed by atoms with Crippen molar-refractivity contribution in [2.24, 2.45) is 0 Å². The summed E-state index contributed by atoms with van der Waals surface area (Å²) in [7, 11) is 0. The number of nitrogens with one attached hydrogen (secondary N) is 1. The molecule has 5 nitrogen and oxygen atoms in total. The third-order valence-electron chi connectivity index (χ3n) is 4.22. The van der Waals surface area contributed by atoms with Gasteiger partial charge in [0.15, 0.2) is 6.10 Å². The van der Waals surface area contributed by atoms with Gasteiger partial charge in [-0.1, -0.05) is 43.1 Å². The van der Waals surface area contributed by atoms with Crippen molar-refractivity contribution in [3.8, 4) is 5.75 Å². The lowest BCUT2D eigenvalue weighted by atomic mass is 10.1. The number of rotatable bonds is 9. The Morgan fingerprint density at radius 1 is 1.07 bits per heavy atom. The van der Waals surface area contributed by atoms with Gasteiger partial charge >= 0.3 is 0 Å². The largest absolute Gasteiger partial charge is 0.479 e. The van der Waals surface area contributed by atoms with Gasteiger partial charge in [0, 0.05) is 29.4 Å². The molecule has 0 aliphatic rings. The number of ether oxygens (including phenoxy) is 1. The lowest BCUT2D eigenvalue weighted by molar-refractivity contribution is -0.122. The maximum absolute atomic E-state index is 12.8. The van der Waals surface area contributed by atoms with Crippen molar-refractivity contribution in [2.75, 3.05) is 18.4 Å². The van der Waals surface area contributed by atoms with Crippen molar-refractivity contribution in [3.63, 3.8) is 0 Å².